The Bertz CT molecular complexity index is 460. The van der Waals surface area contributed by atoms with Crippen molar-refractivity contribution in [2.24, 2.45) is 0 Å². The average molecular weight is 255 g/mol. The molecule has 4 nitrogen and oxygen atoms in total. The van der Waals surface area contributed by atoms with Crippen LogP contribution in [-0.4, -0.2) is 103 Å². The van der Waals surface area contributed by atoms with Crippen molar-refractivity contribution in [2.45, 2.75) is 4.90 Å². The summed E-state index contributed by atoms with van der Waals surface area (Å²) in [6.07, 6.45) is 0. The van der Waals surface area contributed by atoms with E-state index < -0.39 is 15.9 Å². The monoisotopic (exact) mass is 255 g/mol. The Labute approximate surface area is 155 Å². The van der Waals surface area contributed by atoms with Gasteiger partial charge in [-0.25, -0.2) is 13.1 Å². The van der Waals surface area contributed by atoms with E-state index >= 15 is 0 Å². The van der Waals surface area contributed by atoms with Crippen LogP contribution >= 0.6 is 0 Å². The van der Waals surface area contributed by atoms with E-state index in [-0.39, 0.29) is 99.1 Å². The first-order chi connectivity index (χ1) is 5.61. The molecule has 1 aliphatic heterocycles. The molecule has 0 unspecified atom stereocenters. The van der Waals surface area contributed by atoms with Gasteiger partial charge in [0.05, 0.1) is 5.56 Å². The number of nitrogens with one attached hydrogen (secondary N) is 1. The third kappa shape index (κ3) is 3.81. The van der Waals surface area contributed by atoms with Crippen LogP contribution in [0.3, 0.4) is 0 Å². The molecule has 68 valence electrons. The number of sulfonamides is 1. The molecule has 1 aromatic carbocycles. The summed E-state index contributed by atoms with van der Waals surface area (Å²) in [7, 11) is -3.55. The molecule has 0 saturated carbocycles. The van der Waals surface area contributed by atoms with Crippen LogP contribution in [0, 0.1) is 0 Å². The summed E-state index contributed by atoms with van der Waals surface area (Å²) >= 11 is 0. The summed E-state index contributed by atoms with van der Waals surface area (Å²) < 4.78 is 24.2. The Morgan fingerprint density at radius 3 is 2.07 bits per heavy atom. The van der Waals surface area contributed by atoms with Crippen molar-refractivity contribution < 1.29 is 13.2 Å². The second kappa shape index (κ2) is 7.16. The van der Waals surface area contributed by atoms with Crippen molar-refractivity contribution >= 4 is 105 Å². The van der Waals surface area contributed by atoms with E-state index in [1.807, 2.05) is 4.72 Å². The van der Waals surface area contributed by atoms with Gasteiger partial charge >= 0.3 is 88.7 Å². The molecule has 1 aromatic rings. The van der Waals surface area contributed by atoms with Crippen LogP contribution in [0.25, 0.3) is 0 Å². The number of rotatable bonds is 0. The maximum atomic E-state index is 11.1. The molecule has 0 aliphatic carbocycles. The molecule has 2 rings (SSSR count). The number of hydrogen-bond donors (Lipinski definition) is 1. The third-order valence-corrected chi connectivity index (χ3v) is 3.04. The topological polar surface area (TPSA) is 63.2 Å². The number of carbonyl (C=O) groups is 1. The molecular weight excluding hydrogens is 247 g/mol. The van der Waals surface area contributed by atoms with Gasteiger partial charge in [-0.2, -0.15) is 0 Å². The second-order valence-electron chi connectivity index (χ2n) is 2.43. The van der Waals surface area contributed by atoms with Crippen molar-refractivity contribution in [1.82, 2.24) is 4.72 Å². The number of benzene rings is 1. The van der Waals surface area contributed by atoms with Crippen LogP contribution < -0.4 is 4.72 Å². The number of fused-ring (bicyclic) bond motifs is 1. The molecule has 0 spiro atoms. The fourth-order valence-electron chi connectivity index (χ4n) is 1.12. The van der Waals surface area contributed by atoms with Crippen molar-refractivity contribution in [2.75, 3.05) is 0 Å². The molecule has 1 aliphatic rings. The minimum atomic E-state index is -3.55. The summed E-state index contributed by atoms with van der Waals surface area (Å²) in [5.41, 5.74) is 0.220. The van der Waals surface area contributed by atoms with Gasteiger partial charge in [0.1, 0.15) is 4.90 Å². The maximum absolute atomic E-state index is 11.1. The third-order valence-electron chi connectivity index (χ3n) is 1.65. The molecule has 1 heterocycles. The Balaban J connectivity index is 0. The van der Waals surface area contributed by atoms with E-state index in [4.69, 9.17) is 0 Å². The summed E-state index contributed by atoms with van der Waals surface area (Å²) in [6, 6.07) is 6.09. The van der Waals surface area contributed by atoms with E-state index in [2.05, 4.69) is 0 Å². The Kier molecular flexibility index (Phi) is 9.06. The van der Waals surface area contributed by atoms with Gasteiger partial charge in [0.15, 0.2) is 0 Å². The zero-order chi connectivity index (χ0) is 8.77. The Morgan fingerprint density at radius 2 is 1.53 bits per heavy atom. The van der Waals surface area contributed by atoms with Crippen molar-refractivity contribution in [1.29, 1.82) is 0 Å². The zero-order valence-corrected chi connectivity index (χ0v) is 6.76. The summed E-state index contributed by atoms with van der Waals surface area (Å²) in [5, 5.41) is 0. The van der Waals surface area contributed by atoms with Crippen LogP contribution in [0.15, 0.2) is 29.2 Å². The molecule has 1 N–H and O–H groups in total. The van der Waals surface area contributed by atoms with Crippen LogP contribution in [0.2, 0.25) is 0 Å². The minimum absolute atomic E-state index is 0. The summed E-state index contributed by atoms with van der Waals surface area (Å²) in [4.78, 5) is 11.1. The Morgan fingerprint density at radius 1 is 1.00 bits per heavy atom. The first-order valence-electron chi connectivity index (χ1n) is 3.27. The van der Waals surface area contributed by atoms with Crippen LogP contribution in [0.1, 0.15) is 10.4 Å². The molecule has 0 fully saturated rings. The van der Waals surface area contributed by atoms with Gasteiger partial charge in [-0.15, -0.1) is 0 Å². The number of hydrogen-bond acceptors (Lipinski definition) is 3. The molecule has 0 aromatic heterocycles. The van der Waals surface area contributed by atoms with Crippen molar-refractivity contribution in [3.63, 3.8) is 0 Å². The van der Waals surface area contributed by atoms with Gasteiger partial charge in [0.2, 0.25) is 0 Å². The molecule has 1 amide bonds. The number of carbonyl (C=O) groups excluding carboxylic acids is 1. The molecule has 0 saturated heterocycles. The molecule has 0 radical (unpaired) electrons. The SMILES string of the molecule is O=C1NS(=O)(=O)c2ccccc21.[NaH].[NaH].[NaH]. The first-order valence-corrected chi connectivity index (χ1v) is 4.76. The van der Waals surface area contributed by atoms with E-state index in [0.29, 0.717) is 0 Å². The van der Waals surface area contributed by atoms with Gasteiger partial charge in [0, 0.05) is 0 Å². The predicted molar refractivity (Wildman–Crippen MR) is 62.5 cm³/mol. The predicted octanol–water partition coefficient (Wildman–Crippen LogP) is -1.83. The van der Waals surface area contributed by atoms with Crippen LogP contribution in [-0.2, 0) is 10.0 Å². The van der Waals surface area contributed by atoms with Crippen molar-refractivity contribution in [3.8, 4) is 0 Å². The van der Waals surface area contributed by atoms with E-state index in [1.165, 1.54) is 12.1 Å². The fraction of sp³-hybridized carbons (Fsp3) is 0. The van der Waals surface area contributed by atoms with Gasteiger partial charge in [-0.3, -0.25) is 4.79 Å². The zero-order valence-electron chi connectivity index (χ0n) is 5.94. The average Bonchev–Trinajstić information content (AvgIpc) is 2.25. The van der Waals surface area contributed by atoms with Gasteiger partial charge in [-0.05, 0) is 12.1 Å². The van der Waals surface area contributed by atoms with Crippen molar-refractivity contribution in [3.05, 3.63) is 29.8 Å². The number of amides is 1. The van der Waals surface area contributed by atoms with E-state index in [9.17, 15) is 13.2 Å². The molecule has 0 atom stereocenters. The summed E-state index contributed by atoms with van der Waals surface area (Å²) in [6.45, 7) is 0. The van der Waals surface area contributed by atoms with E-state index in [1.54, 1.807) is 12.1 Å². The van der Waals surface area contributed by atoms with Crippen LogP contribution in [0.5, 0.6) is 0 Å². The molecule has 0 bridgehead atoms. The van der Waals surface area contributed by atoms with E-state index in [0.717, 1.165) is 0 Å². The fourth-order valence-corrected chi connectivity index (χ4v) is 2.29. The van der Waals surface area contributed by atoms with Crippen LogP contribution in [0.4, 0.5) is 0 Å². The molecular formula is C7H8NNa3O3S. The van der Waals surface area contributed by atoms with Gasteiger partial charge < -0.3 is 0 Å². The van der Waals surface area contributed by atoms with Gasteiger partial charge in [-0.1, -0.05) is 12.1 Å². The second-order valence-corrected chi connectivity index (χ2v) is 4.08. The first kappa shape index (κ1) is 19.0. The normalized spacial score (nSPS) is 14.8. The molecule has 8 heteroatoms. The molecule has 15 heavy (non-hydrogen) atoms. The standard InChI is InChI=1S/C7H5NO3S.3Na.3H/c9-7-5-3-1-2-4-6(5)12(10,11)8-7;;;;;;/h1-4H,(H,8,9);;;;;;. The summed E-state index contributed by atoms with van der Waals surface area (Å²) in [5.74, 6) is -0.550. The Hall–Kier alpha value is 1.64. The van der Waals surface area contributed by atoms with Gasteiger partial charge in [0.25, 0.3) is 15.9 Å². The quantitative estimate of drug-likeness (QED) is 0.555.